The molecule has 0 amide bonds. The van der Waals surface area contributed by atoms with Crippen molar-refractivity contribution in [3.63, 3.8) is 0 Å². The fourth-order valence-corrected chi connectivity index (χ4v) is 0.526. The van der Waals surface area contributed by atoms with E-state index >= 15 is 0 Å². The summed E-state index contributed by atoms with van der Waals surface area (Å²) in [4.78, 5) is 0. The van der Waals surface area contributed by atoms with E-state index in [9.17, 15) is 13.2 Å². The van der Waals surface area contributed by atoms with Crippen molar-refractivity contribution >= 4 is 0 Å². The molecule has 0 aromatic rings. The van der Waals surface area contributed by atoms with Crippen molar-refractivity contribution in [1.82, 2.24) is 0 Å². The normalized spacial score (nSPS) is 14.0. The van der Waals surface area contributed by atoms with E-state index in [1.165, 1.54) is 19.1 Å². The second-order valence-corrected chi connectivity index (χ2v) is 1.84. The summed E-state index contributed by atoms with van der Waals surface area (Å²) < 4.78 is 35.7. The first-order valence-electron chi connectivity index (χ1n) is 3.05. The first-order valence-corrected chi connectivity index (χ1v) is 3.05. The molecule has 0 rings (SSSR count). The van der Waals surface area contributed by atoms with Gasteiger partial charge in [-0.05, 0) is 6.92 Å². The molecule has 0 nitrogen and oxygen atoms in total. The molecule has 3 heteroatoms. The molecule has 0 radical (unpaired) electrons. The van der Waals surface area contributed by atoms with Gasteiger partial charge in [0.2, 0.25) is 0 Å². The van der Waals surface area contributed by atoms with Crippen LogP contribution in [0.4, 0.5) is 13.2 Å². The van der Waals surface area contributed by atoms with Crippen LogP contribution in [0, 0.1) is 0 Å². The van der Waals surface area contributed by atoms with Gasteiger partial charge in [-0.15, -0.1) is 0 Å². The maximum atomic E-state index is 11.9. The molecule has 0 N–H and O–H groups in total. The van der Waals surface area contributed by atoms with Crippen LogP contribution in [-0.4, -0.2) is 6.18 Å². The largest absolute Gasteiger partial charge is 0.416 e. The number of hydrogen-bond donors (Lipinski definition) is 0. The Balaban J connectivity index is 4.45. The quantitative estimate of drug-likeness (QED) is 0.547. The Kier molecular flexibility index (Phi) is 3.65. The van der Waals surface area contributed by atoms with E-state index in [4.69, 9.17) is 0 Å². The first-order chi connectivity index (χ1) is 5.02. The molecular weight excluding hydrogens is 153 g/mol. The van der Waals surface area contributed by atoms with Gasteiger partial charge in [-0.1, -0.05) is 30.9 Å². The Morgan fingerprint density at radius 2 is 1.91 bits per heavy atom. The van der Waals surface area contributed by atoms with Gasteiger partial charge >= 0.3 is 6.18 Å². The van der Waals surface area contributed by atoms with Crippen LogP contribution in [0.1, 0.15) is 6.92 Å². The highest BCUT2D eigenvalue weighted by molar-refractivity contribution is 5.25. The number of halogens is 3. The fourth-order valence-electron chi connectivity index (χ4n) is 0.526. The second-order valence-electron chi connectivity index (χ2n) is 1.84. The van der Waals surface area contributed by atoms with Gasteiger partial charge < -0.3 is 0 Å². The van der Waals surface area contributed by atoms with E-state index in [1.807, 2.05) is 0 Å². The minimum atomic E-state index is -4.26. The average Bonchev–Trinajstić information content (AvgIpc) is 1.87. The van der Waals surface area contributed by atoms with E-state index in [0.29, 0.717) is 0 Å². The standard InChI is InChI=1S/C8H9F3/c1-3-5-6-7(4-2)8(9,10)11/h3-6H,1H2,2H3. The van der Waals surface area contributed by atoms with Crippen LogP contribution in [0.15, 0.2) is 36.5 Å². The van der Waals surface area contributed by atoms with Crippen molar-refractivity contribution in [2.75, 3.05) is 0 Å². The van der Waals surface area contributed by atoms with Crippen molar-refractivity contribution < 1.29 is 13.2 Å². The van der Waals surface area contributed by atoms with E-state index in [1.54, 1.807) is 0 Å². The summed E-state index contributed by atoms with van der Waals surface area (Å²) >= 11 is 0. The zero-order chi connectivity index (χ0) is 8.91. The minimum Gasteiger partial charge on any atom is -0.166 e. The highest BCUT2D eigenvalue weighted by Crippen LogP contribution is 2.26. The van der Waals surface area contributed by atoms with Crippen LogP contribution in [0.25, 0.3) is 0 Å². The third kappa shape index (κ3) is 3.65. The maximum absolute atomic E-state index is 11.9. The van der Waals surface area contributed by atoms with Crippen molar-refractivity contribution in [2.45, 2.75) is 13.1 Å². The molecule has 0 aromatic heterocycles. The third-order valence-electron chi connectivity index (χ3n) is 1.05. The Hall–Kier alpha value is -0.990. The average molecular weight is 162 g/mol. The third-order valence-corrected chi connectivity index (χ3v) is 1.05. The number of allylic oxidation sites excluding steroid dienone is 5. The lowest BCUT2D eigenvalue weighted by molar-refractivity contribution is -0.0883. The summed E-state index contributed by atoms with van der Waals surface area (Å²) in [7, 11) is 0. The summed E-state index contributed by atoms with van der Waals surface area (Å²) in [5, 5.41) is 0. The number of hydrogen-bond acceptors (Lipinski definition) is 0. The summed E-state index contributed by atoms with van der Waals surface area (Å²) in [5.74, 6) is 0. The summed E-state index contributed by atoms with van der Waals surface area (Å²) in [6.45, 7) is 4.61. The SMILES string of the molecule is C=CC=CC(=CC)C(F)(F)F. The van der Waals surface area contributed by atoms with Crippen molar-refractivity contribution in [1.29, 1.82) is 0 Å². The molecule has 0 heterocycles. The lowest BCUT2D eigenvalue weighted by Crippen LogP contribution is -2.09. The molecule has 0 aromatic carbocycles. The molecule has 0 atom stereocenters. The second kappa shape index (κ2) is 4.01. The van der Waals surface area contributed by atoms with E-state index in [2.05, 4.69) is 6.58 Å². The molecule has 0 aliphatic heterocycles. The monoisotopic (exact) mass is 162 g/mol. The van der Waals surface area contributed by atoms with Crippen molar-refractivity contribution in [2.24, 2.45) is 0 Å². The molecular formula is C8H9F3. The Bertz CT molecular complexity index is 184. The van der Waals surface area contributed by atoms with Gasteiger partial charge in [-0.3, -0.25) is 0 Å². The van der Waals surface area contributed by atoms with Gasteiger partial charge in [-0.25, -0.2) is 0 Å². The van der Waals surface area contributed by atoms with Crippen molar-refractivity contribution in [3.05, 3.63) is 36.5 Å². The zero-order valence-electron chi connectivity index (χ0n) is 6.15. The fraction of sp³-hybridized carbons (Fsp3) is 0.250. The van der Waals surface area contributed by atoms with Crippen molar-refractivity contribution in [3.8, 4) is 0 Å². The van der Waals surface area contributed by atoms with Crippen LogP contribution >= 0.6 is 0 Å². The molecule has 0 aliphatic carbocycles. The molecule has 62 valence electrons. The maximum Gasteiger partial charge on any atom is 0.416 e. The van der Waals surface area contributed by atoms with E-state index < -0.39 is 11.7 Å². The van der Waals surface area contributed by atoms with Gasteiger partial charge in [0.25, 0.3) is 0 Å². The number of alkyl halides is 3. The van der Waals surface area contributed by atoms with Gasteiger partial charge in [0.15, 0.2) is 0 Å². The highest BCUT2D eigenvalue weighted by Gasteiger charge is 2.30. The predicted molar refractivity (Wildman–Crippen MR) is 39.1 cm³/mol. The van der Waals surface area contributed by atoms with Gasteiger partial charge in [-0.2, -0.15) is 13.2 Å². The van der Waals surface area contributed by atoms with Crippen LogP contribution < -0.4 is 0 Å². The molecule has 0 spiro atoms. The van der Waals surface area contributed by atoms with Crippen LogP contribution in [0.5, 0.6) is 0 Å². The summed E-state index contributed by atoms with van der Waals surface area (Å²) in [6.07, 6.45) is 0.291. The molecule has 11 heavy (non-hydrogen) atoms. The van der Waals surface area contributed by atoms with E-state index in [0.717, 1.165) is 12.2 Å². The highest BCUT2D eigenvalue weighted by atomic mass is 19.4. The minimum absolute atomic E-state index is 0.655. The Morgan fingerprint density at radius 3 is 2.18 bits per heavy atom. The smallest absolute Gasteiger partial charge is 0.166 e. The van der Waals surface area contributed by atoms with Crippen LogP contribution in [-0.2, 0) is 0 Å². The molecule has 0 aliphatic rings. The van der Waals surface area contributed by atoms with Crippen LogP contribution in [0.3, 0.4) is 0 Å². The van der Waals surface area contributed by atoms with Gasteiger partial charge in [0, 0.05) is 0 Å². The summed E-state index contributed by atoms with van der Waals surface area (Å²) in [6, 6.07) is 0. The molecule has 0 fully saturated rings. The lowest BCUT2D eigenvalue weighted by Gasteiger charge is -2.05. The molecule has 0 saturated carbocycles. The molecule has 0 bridgehead atoms. The Morgan fingerprint density at radius 1 is 1.36 bits per heavy atom. The van der Waals surface area contributed by atoms with Crippen LogP contribution in [0.2, 0.25) is 0 Å². The zero-order valence-corrected chi connectivity index (χ0v) is 6.15. The first kappa shape index (κ1) is 10.0. The predicted octanol–water partition coefficient (Wildman–Crippen LogP) is 3.24. The van der Waals surface area contributed by atoms with E-state index in [-0.39, 0.29) is 0 Å². The van der Waals surface area contributed by atoms with Gasteiger partial charge in [0.05, 0.1) is 5.57 Å². The topological polar surface area (TPSA) is 0 Å². The number of rotatable bonds is 2. The summed E-state index contributed by atoms with van der Waals surface area (Å²) in [5.41, 5.74) is -0.655. The van der Waals surface area contributed by atoms with Gasteiger partial charge in [0.1, 0.15) is 0 Å². The molecule has 0 unspecified atom stereocenters. The molecule has 0 saturated heterocycles. The Labute approximate surface area is 63.7 Å². The lowest BCUT2D eigenvalue weighted by atomic mass is 10.2.